The van der Waals surface area contributed by atoms with Crippen LogP contribution in [0.15, 0.2) is 16.3 Å². The minimum absolute atomic E-state index is 0.0340. The molecule has 214 valence electrons. The van der Waals surface area contributed by atoms with Crippen molar-refractivity contribution in [3.63, 3.8) is 0 Å². The molecule has 0 unspecified atom stereocenters. The Morgan fingerprint density at radius 2 is 1.64 bits per heavy atom. The van der Waals surface area contributed by atoms with E-state index in [2.05, 4.69) is 58.5 Å². The molecule has 0 N–H and O–H groups in total. The minimum atomic E-state index is -0.957. The van der Waals surface area contributed by atoms with Gasteiger partial charge < -0.3 is 4.74 Å². The van der Waals surface area contributed by atoms with Crippen LogP contribution in [0.5, 0.6) is 0 Å². The van der Waals surface area contributed by atoms with E-state index in [9.17, 15) is 14.4 Å². The zero-order chi connectivity index (χ0) is 28.8. The summed E-state index contributed by atoms with van der Waals surface area (Å²) in [5.74, 6) is 0.578. The van der Waals surface area contributed by atoms with Crippen LogP contribution in [0.25, 0.3) is 10.4 Å². The van der Waals surface area contributed by atoms with Crippen LogP contribution in [-0.4, -0.2) is 23.8 Å². The third-order valence-corrected chi connectivity index (χ3v) is 13.2. The lowest BCUT2D eigenvalue weighted by molar-refractivity contribution is -0.232. The number of hydrogen-bond acceptors (Lipinski definition) is 4. The van der Waals surface area contributed by atoms with Gasteiger partial charge in [0.25, 0.3) is 0 Å². The third-order valence-electron chi connectivity index (χ3n) is 13.2. The molecular formula is C32H47N3O4. The monoisotopic (exact) mass is 537 g/mol. The first-order valence-corrected chi connectivity index (χ1v) is 15.1. The summed E-state index contributed by atoms with van der Waals surface area (Å²) in [5, 5.41) is 3.60. The molecule has 0 aromatic carbocycles. The summed E-state index contributed by atoms with van der Waals surface area (Å²) >= 11 is 0. The molecule has 0 bridgehead atoms. The minimum Gasteiger partial charge on any atom is -0.462 e. The number of allylic oxidation sites excluding steroid dienone is 1. The standard InChI is InChI=1S/C32H47N3O4/c1-18(2)25-21(37)17-32(27(38)34-35-33)16-15-30(7)20(26(25)32)9-10-23-29(6)13-12-24(39-19(3)36)28(4,5)22(29)11-14-31(23,30)8/h18,20,22-24H,9-17H2,1-8H3/t20-,22+,23-,24+,29+,30-,31-,32-/m1/s1. The van der Waals surface area contributed by atoms with Crippen LogP contribution in [0, 0.1) is 50.7 Å². The fourth-order valence-electron chi connectivity index (χ4n) is 11.4. The molecule has 4 fully saturated rings. The maximum Gasteiger partial charge on any atom is 0.302 e. The van der Waals surface area contributed by atoms with Gasteiger partial charge in [0.05, 0.1) is 5.41 Å². The smallest absolute Gasteiger partial charge is 0.302 e. The van der Waals surface area contributed by atoms with Crippen molar-refractivity contribution < 1.29 is 19.1 Å². The SMILES string of the molecule is CC(=O)O[C@H]1CC[C@]2(C)[C@H]3CC[C@@H]4C5=C(C(C)C)C(=O)C[C@]5(C(=O)N=[N+]=[N-])CC[C@@]4(C)[C@]3(C)CC[C@H]2C1(C)C. The number of ether oxygens (including phenoxy) is 1. The molecule has 7 heteroatoms. The molecule has 5 aliphatic rings. The lowest BCUT2D eigenvalue weighted by Crippen LogP contribution is -2.66. The van der Waals surface area contributed by atoms with Crippen LogP contribution in [0.3, 0.4) is 0 Å². The largest absolute Gasteiger partial charge is 0.462 e. The average Bonchev–Trinajstić information content (AvgIpc) is 3.15. The molecule has 1 amide bonds. The summed E-state index contributed by atoms with van der Waals surface area (Å²) in [4.78, 5) is 41.7. The van der Waals surface area contributed by atoms with Gasteiger partial charge in [-0.05, 0) is 113 Å². The average molecular weight is 538 g/mol. The molecule has 0 aliphatic heterocycles. The van der Waals surface area contributed by atoms with Gasteiger partial charge in [-0.25, -0.2) is 0 Å². The van der Waals surface area contributed by atoms with Crippen molar-refractivity contribution in [1.82, 2.24) is 0 Å². The number of nitrogens with zero attached hydrogens (tertiary/aromatic N) is 3. The molecule has 0 heterocycles. The molecule has 7 nitrogen and oxygen atoms in total. The molecule has 5 rings (SSSR count). The van der Waals surface area contributed by atoms with E-state index in [0.717, 1.165) is 56.1 Å². The quantitative estimate of drug-likeness (QED) is 0.159. The fraction of sp³-hybridized carbons (Fsp3) is 0.844. The van der Waals surface area contributed by atoms with Gasteiger partial charge in [0, 0.05) is 23.7 Å². The highest BCUT2D eigenvalue weighted by Gasteiger charge is 2.70. The van der Waals surface area contributed by atoms with Gasteiger partial charge in [-0.1, -0.05) is 48.5 Å². The maximum atomic E-state index is 13.5. The van der Waals surface area contributed by atoms with Crippen molar-refractivity contribution in [3.05, 3.63) is 21.6 Å². The van der Waals surface area contributed by atoms with Crippen molar-refractivity contribution in [3.8, 4) is 0 Å². The predicted octanol–water partition coefficient (Wildman–Crippen LogP) is 7.74. The summed E-state index contributed by atoms with van der Waals surface area (Å²) in [7, 11) is 0. The predicted molar refractivity (Wildman–Crippen MR) is 149 cm³/mol. The van der Waals surface area contributed by atoms with E-state index < -0.39 is 11.3 Å². The van der Waals surface area contributed by atoms with E-state index in [1.54, 1.807) is 0 Å². The third kappa shape index (κ3) is 3.60. The molecule has 5 aliphatic carbocycles. The van der Waals surface area contributed by atoms with E-state index >= 15 is 0 Å². The number of azide groups is 1. The summed E-state index contributed by atoms with van der Waals surface area (Å²) in [5.41, 5.74) is 10.1. The lowest BCUT2D eigenvalue weighted by Gasteiger charge is -2.72. The highest BCUT2D eigenvalue weighted by molar-refractivity contribution is 6.07. The van der Waals surface area contributed by atoms with Crippen LogP contribution in [0.4, 0.5) is 0 Å². The number of ketones is 1. The fourth-order valence-corrected chi connectivity index (χ4v) is 11.4. The summed E-state index contributed by atoms with van der Waals surface area (Å²) < 4.78 is 5.87. The first kappa shape index (κ1) is 28.4. The van der Waals surface area contributed by atoms with E-state index in [1.165, 1.54) is 6.92 Å². The number of carbonyl (C=O) groups is 3. The number of carbonyl (C=O) groups excluding carboxylic acids is 3. The second-order valence-corrected chi connectivity index (χ2v) is 15.2. The van der Waals surface area contributed by atoms with Crippen molar-refractivity contribution >= 4 is 17.7 Å². The van der Waals surface area contributed by atoms with Crippen molar-refractivity contribution in [1.29, 1.82) is 0 Å². The Labute approximate surface area is 233 Å². The van der Waals surface area contributed by atoms with E-state index in [4.69, 9.17) is 10.3 Å². The Kier molecular flexibility index (Phi) is 6.50. The number of esters is 1. The van der Waals surface area contributed by atoms with Gasteiger partial charge in [0.2, 0.25) is 5.91 Å². The van der Waals surface area contributed by atoms with Crippen molar-refractivity contribution in [2.75, 3.05) is 0 Å². The molecule has 8 atom stereocenters. The van der Waals surface area contributed by atoms with Gasteiger partial charge in [0.1, 0.15) is 6.10 Å². The van der Waals surface area contributed by atoms with Crippen LogP contribution >= 0.6 is 0 Å². The number of hydrogen-bond donors (Lipinski definition) is 0. The second-order valence-electron chi connectivity index (χ2n) is 15.2. The topological polar surface area (TPSA) is 109 Å². The first-order chi connectivity index (χ1) is 18.1. The molecular weight excluding hydrogens is 490 g/mol. The van der Waals surface area contributed by atoms with E-state index in [-0.39, 0.29) is 57.8 Å². The highest BCUT2D eigenvalue weighted by Crippen LogP contribution is 2.76. The Morgan fingerprint density at radius 3 is 2.26 bits per heavy atom. The molecule has 39 heavy (non-hydrogen) atoms. The van der Waals surface area contributed by atoms with Gasteiger partial charge in [-0.15, -0.1) is 0 Å². The summed E-state index contributed by atoms with van der Waals surface area (Å²) in [6.07, 6.45) is 7.71. The van der Waals surface area contributed by atoms with Gasteiger partial charge >= 0.3 is 5.97 Å². The molecule has 0 aromatic rings. The number of rotatable bonds is 3. The Morgan fingerprint density at radius 1 is 0.949 bits per heavy atom. The van der Waals surface area contributed by atoms with Gasteiger partial charge in [-0.3, -0.25) is 14.4 Å². The van der Waals surface area contributed by atoms with Crippen LogP contribution in [0.1, 0.15) is 113 Å². The number of fused-ring (bicyclic) bond motifs is 7. The molecule has 4 saturated carbocycles. The molecule has 0 saturated heterocycles. The van der Waals surface area contributed by atoms with Crippen molar-refractivity contribution in [2.45, 2.75) is 119 Å². The Bertz CT molecular complexity index is 1200. The second kappa shape index (κ2) is 8.93. The molecule has 0 radical (unpaired) electrons. The van der Waals surface area contributed by atoms with Crippen molar-refractivity contribution in [2.24, 2.45) is 55.9 Å². The number of amides is 1. The molecule has 0 aromatic heterocycles. The van der Waals surface area contributed by atoms with Gasteiger partial charge in [-0.2, -0.15) is 0 Å². The maximum absolute atomic E-state index is 13.5. The van der Waals surface area contributed by atoms with Crippen LogP contribution in [-0.2, 0) is 19.1 Å². The first-order valence-electron chi connectivity index (χ1n) is 15.1. The Balaban J connectivity index is 1.58. The highest BCUT2D eigenvalue weighted by atomic mass is 16.5. The lowest BCUT2D eigenvalue weighted by atomic mass is 9.33. The summed E-state index contributed by atoms with van der Waals surface area (Å²) in [6.45, 7) is 17.7. The normalized spacial score (nSPS) is 44.5. The van der Waals surface area contributed by atoms with Crippen LogP contribution < -0.4 is 0 Å². The molecule has 0 spiro atoms. The zero-order valence-electron chi connectivity index (χ0n) is 25.2. The Hall–Kier alpha value is -2.14. The van der Waals surface area contributed by atoms with Gasteiger partial charge in [0.15, 0.2) is 5.78 Å². The van der Waals surface area contributed by atoms with E-state index in [1.807, 2.05) is 0 Å². The van der Waals surface area contributed by atoms with Crippen LogP contribution in [0.2, 0.25) is 0 Å². The summed E-state index contributed by atoms with van der Waals surface area (Å²) in [6, 6.07) is 0. The van der Waals surface area contributed by atoms with E-state index in [0.29, 0.717) is 18.3 Å². The zero-order valence-corrected chi connectivity index (χ0v) is 25.2. The number of Topliss-reactive ketones (excluding diaryl/α,β-unsaturated/α-hetero) is 1.